The minimum atomic E-state index is 0.730. The normalized spacial score (nSPS) is 16.8. The van der Waals surface area contributed by atoms with Crippen LogP contribution in [0.15, 0.2) is 24.3 Å². The molecule has 1 aliphatic rings. The van der Waals surface area contributed by atoms with E-state index >= 15 is 0 Å². The summed E-state index contributed by atoms with van der Waals surface area (Å²) in [5, 5.41) is 12.2. The standard InChI is InChI=1S/C16H23N3/c17-13-15-5-7-16(8-6-15)14-18-9-12-19-10-3-1-2-4-11-19/h5-8,18H,1-4,9-12,14H2. The summed E-state index contributed by atoms with van der Waals surface area (Å²) in [4.78, 5) is 2.57. The summed E-state index contributed by atoms with van der Waals surface area (Å²) in [6.07, 6.45) is 5.51. The molecule has 0 spiro atoms. The molecule has 3 heteroatoms. The first-order valence-electron chi connectivity index (χ1n) is 7.30. The molecule has 0 saturated carbocycles. The van der Waals surface area contributed by atoms with Crippen LogP contribution in [0.3, 0.4) is 0 Å². The fourth-order valence-corrected chi connectivity index (χ4v) is 2.53. The van der Waals surface area contributed by atoms with Crippen LogP contribution in [-0.2, 0) is 6.54 Å². The van der Waals surface area contributed by atoms with Crippen molar-refractivity contribution in [3.8, 4) is 6.07 Å². The molecule has 3 nitrogen and oxygen atoms in total. The molecule has 0 bridgehead atoms. The number of nitrogens with one attached hydrogen (secondary N) is 1. The zero-order chi connectivity index (χ0) is 13.3. The van der Waals surface area contributed by atoms with Gasteiger partial charge in [-0.3, -0.25) is 0 Å². The zero-order valence-corrected chi connectivity index (χ0v) is 11.6. The maximum atomic E-state index is 8.74. The first-order valence-corrected chi connectivity index (χ1v) is 7.30. The summed E-state index contributed by atoms with van der Waals surface area (Å²) in [7, 11) is 0. The summed E-state index contributed by atoms with van der Waals surface area (Å²) in [5.41, 5.74) is 1.98. The van der Waals surface area contributed by atoms with Gasteiger partial charge < -0.3 is 10.2 Å². The Morgan fingerprint density at radius 2 is 1.74 bits per heavy atom. The topological polar surface area (TPSA) is 39.1 Å². The molecule has 1 N–H and O–H groups in total. The van der Waals surface area contributed by atoms with Gasteiger partial charge in [0.25, 0.3) is 0 Å². The molecule has 0 atom stereocenters. The third-order valence-corrected chi connectivity index (χ3v) is 3.72. The minimum absolute atomic E-state index is 0.730. The summed E-state index contributed by atoms with van der Waals surface area (Å²) in [5.74, 6) is 0. The van der Waals surface area contributed by atoms with Crippen molar-refractivity contribution in [2.45, 2.75) is 32.2 Å². The Morgan fingerprint density at radius 1 is 1.05 bits per heavy atom. The van der Waals surface area contributed by atoms with Crippen molar-refractivity contribution < 1.29 is 0 Å². The van der Waals surface area contributed by atoms with E-state index in [1.807, 2.05) is 24.3 Å². The van der Waals surface area contributed by atoms with Crippen molar-refractivity contribution in [1.82, 2.24) is 10.2 Å². The van der Waals surface area contributed by atoms with Crippen LogP contribution >= 0.6 is 0 Å². The zero-order valence-electron chi connectivity index (χ0n) is 11.6. The van der Waals surface area contributed by atoms with Gasteiger partial charge in [0.1, 0.15) is 0 Å². The average molecular weight is 257 g/mol. The van der Waals surface area contributed by atoms with Crippen LogP contribution in [0.1, 0.15) is 36.8 Å². The van der Waals surface area contributed by atoms with Crippen LogP contribution in [-0.4, -0.2) is 31.1 Å². The molecule has 1 aliphatic heterocycles. The third kappa shape index (κ3) is 5.02. The number of benzene rings is 1. The van der Waals surface area contributed by atoms with E-state index in [2.05, 4.69) is 16.3 Å². The van der Waals surface area contributed by atoms with Crippen LogP contribution < -0.4 is 5.32 Å². The molecule has 0 aromatic heterocycles. The van der Waals surface area contributed by atoms with Crippen molar-refractivity contribution in [3.63, 3.8) is 0 Å². The Hall–Kier alpha value is -1.37. The van der Waals surface area contributed by atoms with Crippen molar-refractivity contribution in [2.75, 3.05) is 26.2 Å². The number of nitrogens with zero attached hydrogens (tertiary/aromatic N) is 2. The lowest BCUT2D eigenvalue weighted by atomic mass is 10.1. The molecule has 2 rings (SSSR count). The maximum Gasteiger partial charge on any atom is 0.0991 e. The first kappa shape index (κ1) is 14.0. The van der Waals surface area contributed by atoms with E-state index in [1.54, 1.807) is 0 Å². The Balaban J connectivity index is 1.64. The number of rotatable bonds is 5. The largest absolute Gasteiger partial charge is 0.311 e. The highest BCUT2D eigenvalue weighted by Crippen LogP contribution is 2.08. The molecule has 1 heterocycles. The Kier molecular flexibility index (Phi) is 5.87. The minimum Gasteiger partial charge on any atom is -0.311 e. The summed E-state index contributed by atoms with van der Waals surface area (Å²) < 4.78 is 0. The summed E-state index contributed by atoms with van der Waals surface area (Å²) in [6.45, 7) is 5.60. The quantitative estimate of drug-likeness (QED) is 0.824. The van der Waals surface area contributed by atoms with Gasteiger partial charge >= 0.3 is 0 Å². The monoisotopic (exact) mass is 257 g/mol. The van der Waals surface area contributed by atoms with Crippen LogP contribution in [0.4, 0.5) is 0 Å². The van der Waals surface area contributed by atoms with E-state index in [-0.39, 0.29) is 0 Å². The lowest BCUT2D eigenvalue weighted by Gasteiger charge is -2.19. The van der Waals surface area contributed by atoms with Crippen LogP contribution in [0.5, 0.6) is 0 Å². The van der Waals surface area contributed by atoms with Crippen molar-refractivity contribution in [2.24, 2.45) is 0 Å². The number of hydrogen-bond donors (Lipinski definition) is 1. The third-order valence-electron chi connectivity index (χ3n) is 3.72. The van der Waals surface area contributed by atoms with E-state index in [0.717, 1.165) is 25.2 Å². The average Bonchev–Trinajstić information content (AvgIpc) is 2.73. The first-order chi connectivity index (χ1) is 9.38. The lowest BCUT2D eigenvalue weighted by molar-refractivity contribution is 0.284. The summed E-state index contributed by atoms with van der Waals surface area (Å²) >= 11 is 0. The smallest absolute Gasteiger partial charge is 0.0991 e. The highest BCUT2D eigenvalue weighted by molar-refractivity contribution is 5.31. The number of nitriles is 1. The fourth-order valence-electron chi connectivity index (χ4n) is 2.53. The molecular weight excluding hydrogens is 234 g/mol. The van der Waals surface area contributed by atoms with Crippen LogP contribution in [0.25, 0.3) is 0 Å². The molecule has 19 heavy (non-hydrogen) atoms. The van der Waals surface area contributed by atoms with E-state index < -0.39 is 0 Å². The molecule has 1 aromatic carbocycles. The van der Waals surface area contributed by atoms with E-state index in [1.165, 1.54) is 44.3 Å². The lowest BCUT2D eigenvalue weighted by Crippen LogP contribution is -2.32. The van der Waals surface area contributed by atoms with Crippen LogP contribution in [0.2, 0.25) is 0 Å². The van der Waals surface area contributed by atoms with E-state index in [4.69, 9.17) is 5.26 Å². The number of hydrogen-bond acceptors (Lipinski definition) is 3. The molecular formula is C16H23N3. The molecule has 0 aliphatic carbocycles. The molecule has 0 unspecified atom stereocenters. The van der Waals surface area contributed by atoms with Crippen molar-refractivity contribution >= 4 is 0 Å². The van der Waals surface area contributed by atoms with Gasteiger partial charge in [-0.1, -0.05) is 25.0 Å². The van der Waals surface area contributed by atoms with Gasteiger partial charge in [-0.15, -0.1) is 0 Å². The Bertz CT molecular complexity index is 397. The Labute approximate surface area is 116 Å². The molecule has 1 aromatic rings. The van der Waals surface area contributed by atoms with E-state index in [0.29, 0.717) is 0 Å². The highest BCUT2D eigenvalue weighted by Gasteiger charge is 2.07. The van der Waals surface area contributed by atoms with Gasteiger partial charge in [-0.25, -0.2) is 0 Å². The second-order valence-corrected chi connectivity index (χ2v) is 5.24. The van der Waals surface area contributed by atoms with Gasteiger partial charge in [0, 0.05) is 19.6 Å². The second kappa shape index (κ2) is 7.93. The number of likely N-dealkylation sites (tertiary alicyclic amines) is 1. The SMILES string of the molecule is N#Cc1ccc(CNCCN2CCCCCC2)cc1. The predicted octanol–water partition coefficient (Wildman–Crippen LogP) is 2.52. The molecule has 0 radical (unpaired) electrons. The van der Waals surface area contributed by atoms with Gasteiger partial charge in [-0.05, 0) is 43.6 Å². The van der Waals surface area contributed by atoms with Gasteiger partial charge in [0.05, 0.1) is 11.6 Å². The van der Waals surface area contributed by atoms with Gasteiger partial charge in [-0.2, -0.15) is 5.26 Å². The predicted molar refractivity (Wildman–Crippen MR) is 77.8 cm³/mol. The van der Waals surface area contributed by atoms with E-state index in [9.17, 15) is 0 Å². The Morgan fingerprint density at radius 3 is 2.37 bits per heavy atom. The summed E-state index contributed by atoms with van der Waals surface area (Å²) in [6, 6.07) is 9.96. The fraction of sp³-hybridized carbons (Fsp3) is 0.562. The highest BCUT2D eigenvalue weighted by atomic mass is 15.1. The molecule has 1 saturated heterocycles. The van der Waals surface area contributed by atoms with Gasteiger partial charge in [0.2, 0.25) is 0 Å². The van der Waals surface area contributed by atoms with Crippen molar-refractivity contribution in [3.05, 3.63) is 35.4 Å². The maximum absolute atomic E-state index is 8.74. The van der Waals surface area contributed by atoms with Crippen molar-refractivity contribution in [1.29, 1.82) is 5.26 Å². The molecule has 0 amide bonds. The second-order valence-electron chi connectivity index (χ2n) is 5.24. The van der Waals surface area contributed by atoms with Crippen LogP contribution in [0, 0.1) is 11.3 Å². The van der Waals surface area contributed by atoms with Gasteiger partial charge in [0.15, 0.2) is 0 Å². The molecule has 1 fully saturated rings. The molecule has 102 valence electrons.